The molecule has 31 heavy (non-hydrogen) atoms. The number of hydrogen-bond donors (Lipinski definition) is 1. The van der Waals surface area contributed by atoms with Crippen molar-refractivity contribution < 1.29 is 14.8 Å². The molecule has 5 nitrogen and oxygen atoms in total. The minimum atomic E-state index is -1.13. The predicted octanol–water partition coefficient (Wildman–Crippen LogP) is 8.49. The Bertz CT molecular complexity index is 630. The first-order valence-corrected chi connectivity index (χ1v) is 12.6. The molecule has 1 aromatic carbocycles. The van der Waals surface area contributed by atoms with Crippen molar-refractivity contribution in [2.24, 2.45) is 0 Å². The van der Waals surface area contributed by atoms with Gasteiger partial charge in [-0.15, -0.1) is 0 Å². The van der Waals surface area contributed by atoms with E-state index in [2.05, 4.69) is 6.92 Å². The van der Waals surface area contributed by atoms with Gasteiger partial charge in [-0.3, -0.25) is 10.1 Å². The van der Waals surface area contributed by atoms with E-state index in [1.165, 1.54) is 108 Å². The largest absolute Gasteiger partial charge is 0.478 e. The highest BCUT2D eigenvalue weighted by Crippen LogP contribution is 2.23. The van der Waals surface area contributed by atoms with Gasteiger partial charge in [0.15, 0.2) is 0 Å². The zero-order valence-electron chi connectivity index (χ0n) is 19.6. The van der Waals surface area contributed by atoms with Crippen molar-refractivity contribution >= 4 is 11.7 Å². The first-order valence-electron chi connectivity index (χ1n) is 12.6. The normalized spacial score (nSPS) is 11.0. The van der Waals surface area contributed by atoms with Crippen LogP contribution in [-0.2, 0) is 6.42 Å². The molecule has 1 aromatic rings. The van der Waals surface area contributed by atoms with Crippen molar-refractivity contribution in [1.82, 2.24) is 0 Å². The van der Waals surface area contributed by atoms with Gasteiger partial charge in [0.05, 0.1) is 10.5 Å². The quantitative estimate of drug-likeness (QED) is 0.127. The molecule has 0 atom stereocenters. The first-order chi connectivity index (χ1) is 15.1. The summed E-state index contributed by atoms with van der Waals surface area (Å²) < 4.78 is 0. The summed E-state index contributed by atoms with van der Waals surface area (Å²) in [6.45, 7) is 2.27. The molecular weight excluding hydrogens is 390 g/mol. The highest BCUT2D eigenvalue weighted by Gasteiger charge is 2.16. The van der Waals surface area contributed by atoms with E-state index in [0.29, 0.717) is 12.0 Å². The highest BCUT2D eigenvalue weighted by molar-refractivity contribution is 5.88. The number of aromatic carboxylic acids is 1. The van der Waals surface area contributed by atoms with Gasteiger partial charge in [0, 0.05) is 11.6 Å². The maximum Gasteiger partial charge on any atom is 0.335 e. The molecule has 0 heterocycles. The summed E-state index contributed by atoms with van der Waals surface area (Å²) in [5.41, 5.74) is 0.533. The van der Waals surface area contributed by atoms with Crippen LogP contribution >= 0.6 is 0 Å². The van der Waals surface area contributed by atoms with E-state index in [-0.39, 0.29) is 11.3 Å². The molecule has 0 unspecified atom stereocenters. The van der Waals surface area contributed by atoms with Crippen LogP contribution in [0.4, 0.5) is 5.69 Å². The molecule has 5 heteroatoms. The molecule has 0 bridgehead atoms. The molecule has 0 amide bonds. The molecule has 0 fully saturated rings. The van der Waals surface area contributed by atoms with E-state index in [1.807, 2.05) is 0 Å². The Labute approximate surface area is 188 Å². The Morgan fingerprint density at radius 3 is 1.58 bits per heavy atom. The van der Waals surface area contributed by atoms with E-state index in [4.69, 9.17) is 5.11 Å². The third-order valence-corrected chi connectivity index (χ3v) is 6.08. The lowest BCUT2D eigenvalue weighted by Gasteiger charge is -2.05. The first kappa shape index (κ1) is 27.1. The van der Waals surface area contributed by atoms with E-state index >= 15 is 0 Å². The van der Waals surface area contributed by atoms with Crippen molar-refractivity contribution in [3.8, 4) is 0 Å². The van der Waals surface area contributed by atoms with Crippen molar-refractivity contribution in [3.63, 3.8) is 0 Å². The van der Waals surface area contributed by atoms with Crippen LogP contribution in [0.15, 0.2) is 18.2 Å². The fraction of sp³-hybridized carbons (Fsp3) is 0.731. The van der Waals surface area contributed by atoms with E-state index in [0.717, 1.165) is 12.8 Å². The van der Waals surface area contributed by atoms with Crippen molar-refractivity contribution in [3.05, 3.63) is 39.4 Å². The number of benzene rings is 1. The molecule has 1 N–H and O–H groups in total. The summed E-state index contributed by atoms with van der Waals surface area (Å²) in [6.07, 6.45) is 22.9. The molecule has 1 rings (SSSR count). The second kappa shape index (κ2) is 17.7. The number of carboxylic acids is 1. The maximum atomic E-state index is 11.2. The van der Waals surface area contributed by atoms with Crippen molar-refractivity contribution in [2.75, 3.05) is 0 Å². The fourth-order valence-electron chi connectivity index (χ4n) is 4.12. The summed E-state index contributed by atoms with van der Waals surface area (Å²) in [6, 6.07) is 4.22. The lowest BCUT2D eigenvalue weighted by molar-refractivity contribution is -0.385. The number of carbonyl (C=O) groups is 1. The summed E-state index contributed by atoms with van der Waals surface area (Å²) >= 11 is 0. The summed E-state index contributed by atoms with van der Waals surface area (Å²) in [4.78, 5) is 21.7. The lowest BCUT2D eigenvalue weighted by Crippen LogP contribution is -2.01. The van der Waals surface area contributed by atoms with E-state index in [1.54, 1.807) is 6.07 Å². The number of nitro benzene ring substituents is 1. The second-order valence-corrected chi connectivity index (χ2v) is 8.81. The predicted molar refractivity (Wildman–Crippen MR) is 128 cm³/mol. The Morgan fingerprint density at radius 2 is 1.19 bits per heavy atom. The topological polar surface area (TPSA) is 80.4 Å². The third-order valence-electron chi connectivity index (χ3n) is 6.08. The van der Waals surface area contributed by atoms with Gasteiger partial charge >= 0.3 is 5.97 Å². The van der Waals surface area contributed by atoms with E-state index < -0.39 is 10.9 Å². The molecule has 0 aliphatic carbocycles. The zero-order valence-corrected chi connectivity index (χ0v) is 19.6. The van der Waals surface area contributed by atoms with Gasteiger partial charge in [-0.1, -0.05) is 116 Å². The summed E-state index contributed by atoms with van der Waals surface area (Å²) in [7, 11) is 0. The molecule has 0 saturated carbocycles. The SMILES string of the molecule is CCCCCCCCCCCCCCCCCCCc1ccc(C(=O)O)cc1[N+](=O)[O-]. The zero-order chi connectivity index (χ0) is 22.7. The average Bonchev–Trinajstić information content (AvgIpc) is 2.75. The van der Waals surface area contributed by atoms with Gasteiger partial charge in [0.25, 0.3) is 5.69 Å². The van der Waals surface area contributed by atoms with Crippen LogP contribution < -0.4 is 0 Å². The van der Waals surface area contributed by atoms with Crippen LogP contribution in [-0.4, -0.2) is 16.0 Å². The summed E-state index contributed by atoms with van der Waals surface area (Å²) in [5, 5.41) is 20.2. The second-order valence-electron chi connectivity index (χ2n) is 8.81. The molecular formula is C26H43NO4. The molecule has 176 valence electrons. The number of nitrogens with zero attached hydrogens (tertiary/aromatic N) is 1. The number of carboxylic acid groups (broad SMARTS) is 1. The van der Waals surface area contributed by atoms with Gasteiger partial charge < -0.3 is 5.11 Å². The number of hydrogen-bond acceptors (Lipinski definition) is 3. The number of unbranched alkanes of at least 4 members (excludes halogenated alkanes) is 16. The van der Waals surface area contributed by atoms with Crippen molar-refractivity contribution in [2.45, 2.75) is 122 Å². The van der Waals surface area contributed by atoms with Crippen LogP contribution in [0.3, 0.4) is 0 Å². The third kappa shape index (κ3) is 13.2. The standard InChI is InChI=1S/C26H43NO4/c1-2-3-4-5-6-7-8-9-10-11-12-13-14-15-16-17-18-19-23-20-21-24(26(28)29)22-25(23)27(30)31/h20-22H,2-19H2,1H3,(H,28,29). The Hall–Kier alpha value is -1.91. The fourth-order valence-corrected chi connectivity index (χ4v) is 4.12. The van der Waals surface area contributed by atoms with Crippen molar-refractivity contribution in [1.29, 1.82) is 0 Å². The van der Waals surface area contributed by atoms with Gasteiger partial charge in [-0.05, 0) is 18.9 Å². The van der Waals surface area contributed by atoms with Gasteiger partial charge in [-0.25, -0.2) is 4.79 Å². The van der Waals surface area contributed by atoms with Gasteiger partial charge in [-0.2, -0.15) is 0 Å². The van der Waals surface area contributed by atoms with Crippen LogP contribution in [0.2, 0.25) is 0 Å². The Balaban J connectivity index is 1.97. The smallest absolute Gasteiger partial charge is 0.335 e. The maximum absolute atomic E-state index is 11.2. The minimum absolute atomic E-state index is 0.0298. The van der Waals surface area contributed by atoms with Crippen LogP contribution in [0.25, 0.3) is 0 Å². The van der Waals surface area contributed by atoms with E-state index in [9.17, 15) is 14.9 Å². The monoisotopic (exact) mass is 433 g/mol. The van der Waals surface area contributed by atoms with Gasteiger partial charge in [0.1, 0.15) is 0 Å². The molecule has 0 aromatic heterocycles. The Kier molecular flexibility index (Phi) is 15.5. The molecule has 0 aliphatic rings. The number of rotatable bonds is 20. The lowest BCUT2D eigenvalue weighted by atomic mass is 10.0. The average molecular weight is 434 g/mol. The summed E-state index contributed by atoms with van der Waals surface area (Å²) in [5.74, 6) is -1.13. The van der Waals surface area contributed by atoms with Crippen LogP contribution in [0.1, 0.15) is 132 Å². The van der Waals surface area contributed by atoms with Crippen LogP contribution in [0.5, 0.6) is 0 Å². The van der Waals surface area contributed by atoms with Crippen LogP contribution in [0, 0.1) is 10.1 Å². The number of aryl methyl sites for hydroxylation is 1. The minimum Gasteiger partial charge on any atom is -0.478 e. The molecule has 0 aliphatic heterocycles. The molecule has 0 radical (unpaired) electrons. The number of nitro groups is 1. The highest BCUT2D eigenvalue weighted by atomic mass is 16.6. The molecule has 0 saturated heterocycles. The molecule has 0 spiro atoms. The Morgan fingerprint density at radius 1 is 0.774 bits per heavy atom. The van der Waals surface area contributed by atoms with Gasteiger partial charge in [0.2, 0.25) is 0 Å².